The zero-order valence-electron chi connectivity index (χ0n) is 22.5. The van der Waals surface area contributed by atoms with Crippen LogP contribution in [0.1, 0.15) is 36.3 Å². The molecule has 3 aliphatic rings. The van der Waals surface area contributed by atoms with Gasteiger partial charge in [-0.05, 0) is 74.3 Å². The van der Waals surface area contributed by atoms with E-state index in [-0.39, 0.29) is 29.4 Å². The summed E-state index contributed by atoms with van der Waals surface area (Å²) in [6, 6.07) is 15.0. The van der Waals surface area contributed by atoms with Crippen LogP contribution in [0.2, 0.25) is 0 Å². The van der Waals surface area contributed by atoms with Gasteiger partial charge in [0.25, 0.3) is 5.92 Å². The van der Waals surface area contributed by atoms with E-state index in [1.54, 1.807) is 0 Å². The summed E-state index contributed by atoms with van der Waals surface area (Å²) in [5, 5.41) is 15.4. The van der Waals surface area contributed by atoms with Gasteiger partial charge in [0, 0.05) is 17.7 Å². The molecule has 2 N–H and O–H groups in total. The molecule has 3 saturated heterocycles. The van der Waals surface area contributed by atoms with Gasteiger partial charge in [-0.3, -0.25) is 4.90 Å². The average molecular weight is 565 g/mol. The van der Waals surface area contributed by atoms with Crippen LogP contribution in [0.3, 0.4) is 0 Å². The van der Waals surface area contributed by atoms with Crippen LogP contribution in [0.25, 0.3) is 11.3 Å². The first-order valence-corrected chi connectivity index (χ1v) is 13.9. The van der Waals surface area contributed by atoms with Gasteiger partial charge in [-0.1, -0.05) is 12.1 Å². The summed E-state index contributed by atoms with van der Waals surface area (Å²) >= 11 is 0. The van der Waals surface area contributed by atoms with Crippen LogP contribution >= 0.6 is 0 Å². The summed E-state index contributed by atoms with van der Waals surface area (Å²) in [7, 11) is 0. The standard InChI is InChI=1S/C30H31F3N6O2/c31-25-15-36-29(37-23-4-1-19(2-5-23)20-8-11-39(12-9-20)24-16-40-17-24)38-28(25)21-3-6-26(22(13-21)14-34)41-27-7-10-35-18-30(27,32)33/h1-6,13,15,20,24,27,35H,7-12,16-18H2,(H,36,37,38). The van der Waals surface area contributed by atoms with Crippen molar-refractivity contribution in [2.75, 3.05) is 44.7 Å². The average Bonchev–Trinajstić information content (AvgIpc) is 2.95. The Morgan fingerprint density at radius 1 is 1.10 bits per heavy atom. The molecule has 3 aromatic rings. The van der Waals surface area contributed by atoms with Gasteiger partial charge < -0.3 is 20.1 Å². The quantitative estimate of drug-likeness (QED) is 0.421. The number of likely N-dealkylation sites (tertiary alicyclic amines) is 1. The minimum Gasteiger partial charge on any atom is -0.483 e. The first-order chi connectivity index (χ1) is 19.9. The summed E-state index contributed by atoms with van der Waals surface area (Å²) in [6.45, 7) is 3.75. The third-order valence-corrected chi connectivity index (χ3v) is 8.11. The number of halogens is 3. The number of hydrogen-bond donors (Lipinski definition) is 2. The molecule has 3 aliphatic heterocycles. The number of hydrogen-bond acceptors (Lipinski definition) is 8. The van der Waals surface area contributed by atoms with E-state index >= 15 is 0 Å². The fraction of sp³-hybridized carbons (Fsp3) is 0.433. The number of piperidine rings is 2. The summed E-state index contributed by atoms with van der Waals surface area (Å²) in [6.07, 6.45) is 2.04. The number of alkyl halides is 2. The van der Waals surface area contributed by atoms with Crippen LogP contribution in [0.15, 0.2) is 48.7 Å². The highest BCUT2D eigenvalue weighted by Gasteiger charge is 2.43. The number of nitriles is 1. The van der Waals surface area contributed by atoms with Crippen molar-refractivity contribution in [2.45, 2.75) is 43.2 Å². The minimum absolute atomic E-state index is 0.0158. The lowest BCUT2D eigenvalue weighted by Gasteiger charge is -2.41. The Morgan fingerprint density at radius 2 is 1.88 bits per heavy atom. The Morgan fingerprint density at radius 3 is 2.56 bits per heavy atom. The van der Waals surface area contributed by atoms with Crippen molar-refractivity contribution < 1.29 is 22.6 Å². The second-order valence-electron chi connectivity index (χ2n) is 10.8. The highest BCUT2D eigenvalue weighted by molar-refractivity contribution is 5.66. The van der Waals surface area contributed by atoms with Crippen LogP contribution in [-0.2, 0) is 4.74 Å². The van der Waals surface area contributed by atoms with Gasteiger partial charge in [0.2, 0.25) is 5.95 Å². The smallest absolute Gasteiger partial charge is 0.296 e. The summed E-state index contributed by atoms with van der Waals surface area (Å²) in [4.78, 5) is 10.9. The summed E-state index contributed by atoms with van der Waals surface area (Å²) in [5.41, 5.74) is 2.36. The molecule has 0 spiro atoms. The zero-order valence-corrected chi connectivity index (χ0v) is 22.5. The lowest BCUT2D eigenvalue weighted by Crippen LogP contribution is -2.52. The molecule has 11 heteroatoms. The summed E-state index contributed by atoms with van der Waals surface area (Å²) < 4.78 is 54.1. The third-order valence-electron chi connectivity index (χ3n) is 8.11. The number of nitrogens with one attached hydrogen (secondary N) is 2. The largest absolute Gasteiger partial charge is 0.483 e. The lowest BCUT2D eigenvalue weighted by molar-refractivity contribution is -0.109. The van der Waals surface area contributed by atoms with Gasteiger partial charge in [-0.15, -0.1) is 0 Å². The van der Waals surface area contributed by atoms with Crippen molar-refractivity contribution in [2.24, 2.45) is 0 Å². The van der Waals surface area contributed by atoms with Gasteiger partial charge in [0.1, 0.15) is 17.5 Å². The number of ether oxygens (including phenoxy) is 2. The highest BCUT2D eigenvalue weighted by atomic mass is 19.3. The first kappa shape index (κ1) is 27.4. The normalized spacial score (nSPS) is 21.6. The van der Waals surface area contributed by atoms with Crippen LogP contribution in [-0.4, -0.2) is 72.3 Å². The fourth-order valence-electron chi connectivity index (χ4n) is 5.61. The molecular weight excluding hydrogens is 533 g/mol. The predicted octanol–water partition coefficient (Wildman–Crippen LogP) is 4.85. The second kappa shape index (κ2) is 11.6. The molecule has 3 fully saturated rings. The van der Waals surface area contributed by atoms with Crippen molar-refractivity contribution in [3.63, 3.8) is 0 Å². The van der Waals surface area contributed by atoms with Crippen molar-refractivity contribution in [3.05, 3.63) is 65.6 Å². The molecule has 4 heterocycles. The fourth-order valence-corrected chi connectivity index (χ4v) is 5.61. The SMILES string of the molecule is N#Cc1cc(-c2nc(Nc3ccc(C4CCN(C5COC5)CC4)cc3)ncc2F)ccc1OC1CCNCC1(F)F. The molecule has 0 aliphatic carbocycles. The molecule has 6 rings (SSSR count). The molecule has 0 bridgehead atoms. The molecule has 1 aromatic heterocycles. The molecule has 214 valence electrons. The Hall–Kier alpha value is -3.72. The van der Waals surface area contributed by atoms with Crippen molar-refractivity contribution in [1.82, 2.24) is 20.2 Å². The van der Waals surface area contributed by atoms with E-state index in [4.69, 9.17) is 9.47 Å². The minimum atomic E-state index is -3.07. The maximum absolute atomic E-state index is 14.8. The Balaban J connectivity index is 1.13. The number of nitrogens with zero attached hydrogens (tertiary/aromatic N) is 4. The van der Waals surface area contributed by atoms with Crippen molar-refractivity contribution in [3.8, 4) is 23.1 Å². The van der Waals surface area contributed by atoms with E-state index in [1.807, 2.05) is 18.2 Å². The first-order valence-electron chi connectivity index (χ1n) is 13.9. The maximum atomic E-state index is 14.8. The molecule has 2 aromatic carbocycles. The number of aromatic nitrogens is 2. The number of anilines is 2. The topological polar surface area (TPSA) is 95.3 Å². The van der Waals surface area contributed by atoms with Gasteiger partial charge in [-0.25, -0.2) is 23.1 Å². The number of rotatable bonds is 7. The lowest BCUT2D eigenvalue weighted by atomic mass is 9.88. The molecule has 1 atom stereocenters. The Bertz CT molecular complexity index is 1420. The van der Waals surface area contributed by atoms with E-state index < -0.39 is 24.4 Å². The van der Waals surface area contributed by atoms with E-state index in [1.165, 1.54) is 23.8 Å². The van der Waals surface area contributed by atoms with Crippen molar-refractivity contribution >= 4 is 11.6 Å². The van der Waals surface area contributed by atoms with E-state index in [9.17, 15) is 18.4 Å². The molecule has 8 nitrogen and oxygen atoms in total. The zero-order chi connectivity index (χ0) is 28.4. The van der Waals surface area contributed by atoms with Gasteiger partial charge in [-0.2, -0.15) is 5.26 Å². The molecule has 41 heavy (non-hydrogen) atoms. The van der Waals surface area contributed by atoms with Crippen LogP contribution in [0, 0.1) is 17.1 Å². The van der Waals surface area contributed by atoms with E-state index in [0.717, 1.165) is 51.0 Å². The van der Waals surface area contributed by atoms with Gasteiger partial charge >= 0.3 is 0 Å². The van der Waals surface area contributed by atoms with E-state index in [2.05, 4.69) is 37.6 Å². The molecule has 0 amide bonds. The monoisotopic (exact) mass is 564 g/mol. The maximum Gasteiger partial charge on any atom is 0.296 e. The molecule has 0 radical (unpaired) electrons. The van der Waals surface area contributed by atoms with E-state index in [0.29, 0.717) is 24.1 Å². The molecule has 1 unspecified atom stereocenters. The second-order valence-corrected chi connectivity index (χ2v) is 10.8. The van der Waals surface area contributed by atoms with Crippen LogP contribution in [0.5, 0.6) is 5.75 Å². The van der Waals surface area contributed by atoms with Gasteiger partial charge in [0.15, 0.2) is 11.9 Å². The highest BCUT2D eigenvalue weighted by Crippen LogP contribution is 2.33. The van der Waals surface area contributed by atoms with Gasteiger partial charge in [0.05, 0.1) is 37.6 Å². The molecular formula is C30H31F3N6O2. The van der Waals surface area contributed by atoms with Crippen LogP contribution in [0.4, 0.5) is 24.8 Å². The van der Waals surface area contributed by atoms with Crippen molar-refractivity contribution in [1.29, 1.82) is 5.26 Å². The van der Waals surface area contributed by atoms with Crippen LogP contribution < -0.4 is 15.4 Å². The predicted molar refractivity (Wildman–Crippen MR) is 147 cm³/mol. The molecule has 0 saturated carbocycles. The third kappa shape index (κ3) is 6.00. The Kier molecular flexibility index (Phi) is 7.79. The summed E-state index contributed by atoms with van der Waals surface area (Å²) in [5.74, 6) is -3.01. The Labute approximate surface area is 236 Å². The number of benzene rings is 2.